The molecule has 0 aromatic heterocycles. The van der Waals surface area contributed by atoms with Crippen molar-refractivity contribution in [1.82, 2.24) is 10.2 Å². The van der Waals surface area contributed by atoms with Gasteiger partial charge in [-0.15, -0.1) is 0 Å². The monoisotopic (exact) mass is 198 g/mol. The second-order valence-corrected chi connectivity index (χ2v) is 4.62. The van der Waals surface area contributed by atoms with Gasteiger partial charge >= 0.3 is 0 Å². The highest BCUT2D eigenvalue weighted by Crippen LogP contribution is 2.19. The molecule has 0 spiro atoms. The van der Waals surface area contributed by atoms with E-state index in [1.807, 2.05) is 7.11 Å². The third-order valence-electron chi connectivity index (χ3n) is 3.48. The molecule has 0 aromatic carbocycles. The van der Waals surface area contributed by atoms with Crippen LogP contribution in [-0.4, -0.2) is 50.8 Å². The third-order valence-corrected chi connectivity index (χ3v) is 3.48. The molecule has 0 bridgehead atoms. The number of ether oxygens (including phenoxy) is 1. The highest BCUT2D eigenvalue weighted by Gasteiger charge is 2.27. The van der Waals surface area contributed by atoms with Crippen LogP contribution in [0.15, 0.2) is 0 Å². The molecule has 0 aliphatic carbocycles. The van der Waals surface area contributed by atoms with E-state index in [0.717, 1.165) is 18.6 Å². The lowest BCUT2D eigenvalue weighted by atomic mass is 10.0. The van der Waals surface area contributed by atoms with Gasteiger partial charge in [-0.3, -0.25) is 4.90 Å². The molecule has 14 heavy (non-hydrogen) atoms. The van der Waals surface area contributed by atoms with Crippen molar-refractivity contribution < 1.29 is 4.74 Å². The Morgan fingerprint density at radius 1 is 1.36 bits per heavy atom. The molecular weight excluding hydrogens is 176 g/mol. The van der Waals surface area contributed by atoms with Crippen LogP contribution in [0.1, 0.15) is 19.3 Å². The van der Waals surface area contributed by atoms with Crippen LogP contribution in [0.25, 0.3) is 0 Å². The normalized spacial score (nSPS) is 31.1. The van der Waals surface area contributed by atoms with Gasteiger partial charge in [0.25, 0.3) is 0 Å². The first kappa shape index (κ1) is 10.4. The van der Waals surface area contributed by atoms with Crippen LogP contribution in [0.5, 0.6) is 0 Å². The van der Waals surface area contributed by atoms with E-state index < -0.39 is 0 Å². The van der Waals surface area contributed by atoms with Gasteiger partial charge in [-0.2, -0.15) is 0 Å². The minimum absolute atomic E-state index is 0.767. The fraction of sp³-hybridized carbons (Fsp3) is 1.00. The first-order chi connectivity index (χ1) is 6.90. The number of likely N-dealkylation sites (tertiary alicyclic amines) is 1. The Labute approximate surface area is 86.8 Å². The predicted molar refractivity (Wildman–Crippen MR) is 57.4 cm³/mol. The largest absolute Gasteiger partial charge is 0.384 e. The molecule has 1 unspecified atom stereocenters. The topological polar surface area (TPSA) is 24.5 Å². The van der Waals surface area contributed by atoms with Crippen molar-refractivity contribution in [2.75, 3.05) is 39.9 Å². The molecule has 0 saturated carbocycles. The minimum atomic E-state index is 0.767. The van der Waals surface area contributed by atoms with Gasteiger partial charge in [0, 0.05) is 32.8 Å². The summed E-state index contributed by atoms with van der Waals surface area (Å²) in [6.07, 6.45) is 4.10. The SMILES string of the molecule is COCC1CCCCN(C2CNC2)C1. The van der Waals surface area contributed by atoms with Gasteiger partial charge in [-0.25, -0.2) is 0 Å². The molecular formula is C11H22N2O. The molecule has 2 aliphatic heterocycles. The number of nitrogens with zero attached hydrogens (tertiary/aromatic N) is 1. The van der Waals surface area contributed by atoms with Crippen molar-refractivity contribution in [2.24, 2.45) is 5.92 Å². The Bertz CT molecular complexity index is 171. The van der Waals surface area contributed by atoms with E-state index >= 15 is 0 Å². The molecule has 2 aliphatic rings. The number of nitrogens with one attached hydrogen (secondary N) is 1. The lowest BCUT2D eigenvalue weighted by Crippen LogP contribution is -2.58. The van der Waals surface area contributed by atoms with Gasteiger partial charge in [-0.1, -0.05) is 6.42 Å². The first-order valence-corrected chi connectivity index (χ1v) is 5.84. The van der Waals surface area contributed by atoms with E-state index in [0.29, 0.717) is 0 Å². The van der Waals surface area contributed by atoms with Crippen molar-refractivity contribution in [3.05, 3.63) is 0 Å². The van der Waals surface area contributed by atoms with Crippen LogP contribution in [0, 0.1) is 5.92 Å². The lowest BCUT2D eigenvalue weighted by molar-refractivity contribution is 0.0925. The average Bonchev–Trinajstić information content (AvgIpc) is 2.28. The zero-order chi connectivity index (χ0) is 9.80. The van der Waals surface area contributed by atoms with Crippen LogP contribution in [0.2, 0.25) is 0 Å². The van der Waals surface area contributed by atoms with E-state index in [1.165, 1.54) is 45.4 Å². The number of hydrogen-bond donors (Lipinski definition) is 1. The quantitative estimate of drug-likeness (QED) is 0.723. The number of hydrogen-bond acceptors (Lipinski definition) is 3. The molecule has 0 amide bonds. The first-order valence-electron chi connectivity index (χ1n) is 5.84. The molecule has 0 aromatic rings. The van der Waals surface area contributed by atoms with E-state index in [-0.39, 0.29) is 0 Å². The molecule has 3 nitrogen and oxygen atoms in total. The van der Waals surface area contributed by atoms with Crippen molar-refractivity contribution >= 4 is 0 Å². The van der Waals surface area contributed by atoms with E-state index in [2.05, 4.69) is 10.2 Å². The zero-order valence-electron chi connectivity index (χ0n) is 9.17. The highest BCUT2D eigenvalue weighted by atomic mass is 16.5. The molecule has 0 radical (unpaired) electrons. The molecule has 2 fully saturated rings. The standard InChI is InChI=1S/C11H22N2O/c1-14-9-10-4-2-3-5-13(8-10)11-6-12-7-11/h10-12H,2-9H2,1H3. The van der Waals surface area contributed by atoms with Crippen molar-refractivity contribution in [3.63, 3.8) is 0 Å². The summed E-state index contributed by atoms with van der Waals surface area (Å²) < 4.78 is 5.27. The van der Waals surface area contributed by atoms with Crippen molar-refractivity contribution in [3.8, 4) is 0 Å². The summed E-state index contributed by atoms with van der Waals surface area (Å²) in [6, 6.07) is 0.812. The Kier molecular flexibility index (Phi) is 3.79. The lowest BCUT2D eigenvalue weighted by Gasteiger charge is -2.38. The van der Waals surface area contributed by atoms with E-state index in [1.54, 1.807) is 0 Å². The maximum atomic E-state index is 5.27. The van der Waals surface area contributed by atoms with Crippen LogP contribution >= 0.6 is 0 Å². The van der Waals surface area contributed by atoms with Gasteiger partial charge in [0.15, 0.2) is 0 Å². The van der Waals surface area contributed by atoms with E-state index in [9.17, 15) is 0 Å². The molecule has 1 atom stereocenters. The maximum absolute atomic E-state index is 5.27. The zero-order valence-corrected chi connectivity index (χ0v) is 9.17. The fourth-order valence-corrected chi connectivity index (χ4v) is 2.50. The Balaban J connectivity index is 1.83. The fourth-order valence-electron chi connectivity index (χ4n) is 2.50. The summed E-state index contributed by atoms with van der Waals surface area (Å²) in [7, 11) is 1.82. The van der Waals surface area contributed by atoms with Crippen LogP contribution in [0.4, 0.5) is 0 Å². The summed E-state index contributed by atoms with van der Waals surface area (Å²) in [5, 5.41) is 3.35. The van der Waals surface area contributed by atoms with Crippen LogP contribution < -0.4 is 5.32 Å². The maximum Gasteiger partial charge on any atom is 0.0502 e. The van der Waals surface area contributed by atoms with E-state index in [4.69, 9.17) is 4.74 Å². The van der Waals surface area contributed by atoms with Gasteiger partial charge in [0.05, 0.1) is 6.61 Å². The predicted octanol–water partition coefficient (Wildman–Crippen LogP) is 0.707. The Morgan fingerprint density at radius 2 is 2.21 bits per heavy atom. The van der Waals surface area contributed by atoms with Crippen molar-refractivity contribution in [1.29, 1.82) is 0 Å². The third kappa shape index (κ3) is 2.47. The van der Waals surface area contributed by atoms with Gasteiger partial charge in [0.1, 0.15) is 0 Å². The Hall–Kier alpha value is -0.120. The molecule has 2 saturated heterocycles. The second kappa shape index (κ2) is 5.10. The highest BCUT2D eigenvalue weighted by molar-refractivity contribution is 4.86. The summed E-state index contributed by atoms with van der Waals surface area (Å²) in [5.41, 5.74) is 0. The molecule has 3 heteroatoms. The van der Waals surface area contributed by atoms with Gasteiger partial charge in [0.2, 0.25) is 0 Å². The summed E-state index contributed by atoms with van der Waals surface area (Å²) in [5.74, 6) is 0.767. The number of methoxy groups -OCH3 is 1. The van der Waals surface area contributed by atoms with Crippen LogP contribution in [0.3, 0.4) is 0 Å². The summed E-state index contributed by atoms with van der Waals surface area (Å²) in [4.78, 5) is 2.66. The minimum Gasteiger partial charge on any atom is -0.384 e. The molecule has 2 rings (SSSR count). The van der Waals surface area contributed by atoms with Crippen LogP contribution in [-0.2, 0) is 4.74 Å². The summed E-state index contributed by atoms with van der Waals surface area (Å²) >= 11 is 0. The molecule has 82 valence electrons. The molecule has 1 N–H and O–H groups in total. The van der Waals surface area contributed by atoms with Gasteiger partial charge in [-0.05, 0) is 25.3 Å². The number of rotatable bonds is 3. The average molecular weight is 198 g/mol. The Morgan fingerprint density at radius 3 is 2.86 bits per heavy atom. The van der Waals surface area contributed by atoms with Gasteiger partial charge < -0.3 is 10.1 Å². The molecule has 2 heterocycles. The van der Waals surface area contributed by atoms with Crippen molar-refractivity contribution in [2.45, 2.75) is 25.3 Å². The summed E-state index contributed by atoms with van der Waals surface area (Å²) in [6.45, 7) is 5.88. The smallest absolute Gasteiger partial charge is 0.0502 e. The second-order valence-electron chi connectivity index (χ2n) is 4.62.